The zero-order valence-electron chi connectivity index (χ0n) is 19.7. The molecule has 0 aliphatic carbocycles. The summed E-state index contributed by atoms with van der Waals surface area (Å²) in [6, 6.07) is 13.3. The van der Waals surface area contributed by atoms with E-state index in [-0.39, 0.29) is 45.4 Å². The number of fused-ring (bicyclic) bond motifs is 1. The van der Waals surface area contributed by atoms with Crippen LogP contribution in [0.15, 0.2) is 60.7 Å². The highest BCUT2D eigenvalue weighted by atomic mass is 35.5. The number of halogens is 5. The first-order valence-corrected chi connectivity index (χ1v) is 12.0. The molecule has 0 aromatic heterocycles. The van der Waals surface area contributed by atoms with Gasteiger partial charge in [-0.2, -0.15) is 13.2 Å². The number of rotatable bonds is 6. The van der Waals surface area contributed by atoms with E-state index in [4.69, 9.17) is 28.0 Å². The Hall–Kier alpha value is -3.27. The van der Waals surface area contributed by atoms with Crippen LogP contribution in [0.2, 0.25) is 10.0 Å². The van der Waals surface area contributed by atoms with Crippen molar-refractivity contribution in [2.24, 2.45) is 0 Å². The third kappa shape index (κ3) is 5.39. The molecule has 3 N–H and O–H groups in total. The first-order chi connectivity index (χ1) is 17.4. The quantitative estimate of drug-likeness (QED) is 0.365. The second-order valence-electron chi connectivity index (χ2n) is 8.76. The first-order valence-electron chi connectivity index (χ1n) is 11.2. The Kier molecular flexibility index (Phi) is 7.41. The predicted octanol–water partition coefficient (Wildman–Crippen LogP) is 5.73. The van der Waals surface area contributed by atoms with Gasteiger partial charge in [-0.15, -0.1) is 0 Å². The molecular formula is C26H22Cl2F3N3O3. The van der Waals surface area contributed by atoms with Crippen LogP contribution in [0.25, 0.3) is 16.5 Å². The number of hydrogen-bond acceptors (Lipinski definition) is 4. The Morgan fingerprint density at radius 3 is 2.30 bits per heavy atom. The molecule has 4 rings (SSSR count). The number of amides is 2. The van der Waals surface area contributed by atoms with Gasteiger partial charge in [-0.25, -0.2) is 0 Å². The predicted molar refractivity (Wildman–Crippen MR) is 136 cm³/mol. The molecule has 3 aromatic rings. The molecule has 194 valence electrons. The molecule has 0 radical (unpaired) electrons. The molecule has 0 saturated carbocycles. The highest BCUT2D eigenvalue weighted by Gasteiger charge is 2.59. The van der Waals surface area contributed by atoms with Gasteiger partial charge < -0.3 is 10.6 Å². The number of alkyl halides is 3. The third-order valence-corrected chi connectivity index (χ3v) is 6.14. The molecule has 37 heavy (non-hydrogen) atoms. The van der Waals surface area contributed by atoms with Crippen molar-refractivity contribution in [2.75, 3.05) is 6.54 Å². The van der Waals surface area contributed by atoms with E-state index in [1.165, 1.54) is 18.2 Å². The summed E-state index contributed by atoms with van der Waals surface area (Å²) in [7, 11) is 0. The van der Waals surface area contributed by atoms with Gasteiger partial charge in [0.05, 0.1) is 12.2 Å². The lowest BCUT2D eigenvalue weighted by Crippen LogP contribution is -2.42. The monoisotopic (exact) mass is 551 g/mol. The summed E-state index contributed by atoms with van der Waals surface area (Å²) in [6.07, 6.45) is -3.94. The summed E-state index contributed by atoms with van der Waals surface area (Å²) >= 11 is 12.0. The second-order valence-corrected chi connectivity index (χ2v) is 9.64. The zero-order valence-corrected chi connectivity index (χ0v) is 21.2. The topological polar surface area (TPSA) is 79.5 Å². The minimum Gasteiger partial charge on any atom is -0.352 e. The minimum absolute atomic E-state index is 0.0273. The molecule has 0 fully saturated rings. The summed E-state index contributed by atoms with van der Waals surface area (Å²) in [5.74, 6) is -0.837. The van der Waals surface area contributed by atoms with Crippen LogP contribution in [-0.2, 0) is 15.2 Å². The van der Waals surface area contributed by atoms with Crippen molar-refractivity contribution in [3.63, 3.8) is 0 Å². The normalized spacial score (nSPS) is 17.5. The zero-order chi connectivity index (χ0) is 27.0. The molecule has 6 nitrogen and oxygen atoms in total. The maximum absolute atomic E-state index is 14.4. The van der Waals surface area contributed by atoms with E-state index in [9.17, 15) is 22.8 Å². The number of carbonyl (C=O) groups is 2. The summed E-state index contributed by atoms with van der Waals surface area (Å²) < 4.78 is 43.2. The van der Waals surface area contributed by atoms with Gasteiger partial charge in [-0.3, -0.25) is 19.9 Å². The molecule has 1 heterocycles. The van der Waals surface area contributed by atoms with Gasteiger partial charge in [0.25, 0.3) is 5.91 Å². The third-order valence-electron chi connectivity index (χ3n) is 5.70. The van der Waals surface area contributed by atoms with Crippen molar-refractivity contribution < 1.29 is 27.6 Å². The number of carbonyl (C=O) groups excluding carboxylic acids is 2. The fourth-order valence-corrected chi connectivity index (χ4v) is 4.63. The molecule has 1 unspecified atom stereocenters. The Labute approximate surface area is 220 Å². The Morgan fingerprint density at radius 1 is 1.03 bits per heavy atom. The second kappa shape index (κ2) is 10.2. The van der Waals surface area contributed by atoms with Crippen LogP contribution < -0.4 is 16.1 Å². The average Bonchev–Trinajstić information content (AvgIpc) is 3.28. The van der Waals surface area contributed by atoms with Crippen LogP contribution in [0.1, 0.15) is 35.3 Å². The van der Waals surface area contributed by atoms with E-state index in [2.05, 4.69) is 16.1 Å². The van der Waals surface area contributed by atoms with E-state index in [1.54, 1.807) is 38.1 Å². The Bertz CT molecular complexity index is 1390. The fourth-order valence-electron chi connectivity index (χ4n) is 4.10. The molecule has 0 spiro atoms. The number of hydroxylamine groups is 1. The minimum atomic E-state index is -4.86. The van der Waals surface area contributed by atoms with Gasteiger partial charge >= 0.3 is 6.18 Å². The van der Waals surface area contributed by atoms with Gasteiger partial charge in [-0.05, 0) is 55.0 Å². The van der Waals surface area contributed by atoms with Crippen molar-refractivity contribution in [1.82, 2.24) is 16.1 Å². The average molecular weight is 552 g/mol. The lowest BCUT2D eigenvalue weighted by Gasteiger charge is -2.28. The molecule has 2 amide bonds. The Morgan fingerprint density at radius 2 is 1.68 bits per heavy atom. The molecule has 1 aliphatic heterocycles. The van der Waals surface area contributed by atoms with Crippen LogP contribution in [-0.4, -0.2) is 30.6 Å². The maximum Gasteiger partial charge on any atom is 0.428 e. The standard InChI is InChI=1S/C26H22Cl2F3N3O3/c1-14(2)33-23(35)13-32-24(36)21-8-7-20(18-5-3-4-6-19(18)21)22-12-25(37-34-22,26(29,30)31)15-9-16(27)11-17(28)10-15/h3-12,14,34H,13H2,1-2H3,(H,32,36)(H,33,35). The van der Waals surface area contributed by atoms with E-state index in [0.29, 0.717) is 16.3 Å². The van der Waals surface area contributed by atoms with Crippen LogP contribution in [0.4, 0.5) is 13.2 Å². The maximum atomic E-state index is 14.4. The van der Waals surface area contributed by atoms with Crippen molar-refractivity contribution in [2.45, 2.75) is 31.7 Å². The summed E-state index contributed by atoms with van der Waals surface area (Å²) in [5.41, 5.74) is -0.0413. The summed E-state index contributed by atoms with van der Waals surface area (Å²) in [5, 5.41) is 6.30. The largest absolute Gasteiger partial charge is 0.428 e. The summed E-state index contributed by atoms with van der Waals surface area (Å²) in [4.78, 5) is 29.9. The van der Waals surface area contributed by atoms with Gasteiger partial charge in [0.2, 0.25) is 11.5 Å². The van der Waals surface area contributed by atoms with Crippen molar-refractivity contribution in [1.29, 1.82) is 0 Å². The van der Waals surface area contributed by atoms with Gasteiger partial charge in [0, 0.05) is 32.8 Å². The van der Waals surface area contributed by atoms with Gasteiger partial charge in [-0.1, -0.05) is 53.5 Å². The fraction of sp³-hybridized carbons (Fsp3) is 0.231. The molecule has 0 bridgehead atoms. The van der Waals surface area contributed by atoms with Crippen LogP contribution in [0, 0.1) is 0 Å². The molecule has 3 aromatic carbocycles. The van der Waals surface area contributed by atoms with Gasteiger partial charge in [0.15, 0.2) is 0 Å². The lowest BCUT2D eigenvalue weighted by molar-refractivity contribution is -0.269. The van der Waals surface area contributed by atoms with E-state index < -0.39 is 17.7 Å². The molecule has 1 atom stereocenters. The van der Waals surface area contributed by atoms with Crippen LogP contribution in [0.5, 0.6) is 0 Å². The summed E-state index contributed by atoms with van der Waals surface area (Å²) in [6.45, 7) is 3.38. The SMILES string of the molecule is CC(C)NC(=O)CNC(=O)c1ccc(C2=CC(c3cc(Cl)cc(Cl)c3)(C(F)(F)F)ON2)c2ccccc12. The number of nitrogens with one attached hydrogen (secondary N) is 3. The lowest BCUT2D eigenvalue weighted by atomic mass is 9.90. The van der Waals surface area contributed by atoms with Gasteiger partial charge in [0.1, 0.15) is 0 Å². The van der Waals surface area contributed by atoms with E-state index >= 15 is 0 Å². The Balaban J connectivity index is 1.74. The number of benzene rings is 3. The van der Waals surface area contributed by atoms with Crippen LogP contribution in [0.3, 0.4) is 0 Å². The molecular weight excluding hydrogens is 530 g/mol. The smallest absolute Gasteiger partial charge is 0.352 e. The van der Waals surface area contributed by atoms with Crippen LogP contribution >= 0.6 is 23.2 Å². The van der Waals surface area contributed by atoms with Crippen molar-refractivity contribution in [3.05, 3.63) is 87.4 Å². The van der Waals surface area contributed by atoms with Crippen molar-refractivity contribution in [3.8, 4) is 0 Å². The first kappa shape index (κ1) is 26.8. The number of hydrogen-bond donors (Lipinski definition) is 3. The highest BCUT2D eigenvalue weighted by Crippen LogP contribution is 2.48. The molecule has 1 aliphatic rings. The highest BCUT2D eigenvalue weighted by molar-refractivity contribution is 6.34. The molecule has 0 saturated heterocycles. The molecule has 11 heteroatoms. The van der Waals surface area contributed by atoms with E-state index in [0.717, 1.165) is 18.2 Å². The van der Waals surface area contributed by atoms with Crippen molar-refractivity contribution >= 4 is 51.5 Å². The van der Waals surface area contributed by atoms with E-state index in [1.807, 2.05) is 0 Å².